The average molecular weight is 231 g/mol. The molecule has 0 bridgehead atoms. The van der Waals surface area contributed by atoms with Crippen molar-refractivity contribution in [3.8, 4) is 0 Å². The zero-order valence-electron chi connectivity index (χ0n) is 11.6. The number of nitrogens with two attached hydrogens (primary N) is 1. The highest BCUT2D eigenvalue weighted by Gasteiger charge is 2.33. The molecule has 0 aromatic heterocycles. The number of hydrogen-bond acceptors (Lipinski definition) is 1. The van der Waals surface area contributed by atoms with Crippen molar-refractivity contribution in [3.63, 3.8) is 0 Å². The minimum absolute atomic E-state index is 0.337. The Morgan fingerprint density at radius 2 is 1.71 bits per heavy atom. The highest BCUT2D eigenvalue weighted by atomic mass is 14.7. The van der Waals surface area contributed by atoms with Crippen molar-refractivity contribution in [1.82, 2.24) is 0 Å². The summed E-state index contributed by atoms with van der Waals surface area (Å²) in [7, 11) is 0. The summed E-state index contributed by atoms with van der Waals surface area (Å²) in [6.45, 7) is 9.09. The molecule has 1 nitrogen and oxygen atoms in total. The molecule has 1 saturated carbocycles. The largest absolute Gasteiger partial charge is 0.327 e. The van der Waals surface area contributed by atoms with Crippen molar-refractivity contribution < 1.29 is 0 Å². The van der Waals surface area contributed by atoms with Gasteiger partial charge >= 0.3 is 0 Å². The van der Waals surface area contributed by atoms with Crippen molar-refractivity contribution >= 4 is 0 Å². The van der Waals surface area contributed by atoms with E-state index in [9.17, 15) is 0 Å². The van der Waals surface area contributed by atoms with E-state index >= 15 is 0 Å². The highest BCUT2D eigenvalue weighted by molar-refractivity contribution is 5.32. The van der Waals surface area contributed by atoms with Crippen molar-refractivity contribution in [2.75, 3.05) is 0 Å². The molecule has 0 aliphatic heterocycles. The maximum absolute atomic E-state index is 6.33. The highest BCUT2D eigenvalue weighted by Crippen LogP contribution is 2.43. The Hall–Kier alpha value is -0.820. The summed E-state index contributed by atoms with van der Waals surface area (Å²) in [6.07, 6.45) is 3.64. The molecule has 1 heteroatoms. The first-order valence-corrected chi connectivity index (χ1v) is 6.71. The van der Waals surface area contributed by atoms with Gasteiger partial charge in [0.15, 0.2) is 0 Å². The van der Waals surface area contributed by atoms with Gasteiger partial charge in [-0.15, -0.1) is 0 Å². The third-order valence-electron chi connectivity index (χ3n) is 4.12. The van der Waals surface area contributed by atoms with Crippen LogP contribution in [0.1, 0.15) is 55.7 Å². The van der Waals surface area contributed by atoms with E-state index in [2.05, 4.69) is 45.9 Å². The Labute approximate surface area is 105 Å². The third-order valence-corrected chi connectivity index (χ3v) is 4.12. The topological polar surface area (TPSA) is 26.0 Å². The van der Waals surface area contributed by atoms with Crippen LogP contribution in [0.3, 0.4) is 0 Å². The Kier molecular flexibility index (Phi) is 3.31. The molecule has 2 rings (SSSR count). The molecule has 1 aromatic carbocycles. The van der Waals surface area contributed by atoms with Crippen LogP contribution in [-0.2, 0) is 0 Å². The van der Waals surface area contributed by atoms with Crippen LogP contribution in [-0.4, -0.2) is 6.04 Å². The van der Waals surface area contributed by atoms with Gasteiger partial charge in [-0.25, -0.2) is 0 Å². The fourth-order valence-corrected chi connectivity index (χ4v) is 3.20. The molecule has 1 fully saturated rings. The zero-order valence-corrected chi connectivity index (χ0v) is 11.6. The quantitative estimate of drug-likeness (QED) is 0.778. The summed E-state index contributed by atoms with van der Waals surface area (Å²) in [4.78, 5) is 0. The van der Waals surface area contributed by atoms with E-state index in [1.54, 1.807) is 0 Å². The smallest absolute Gasteiger partial charge is 0.0108 e. The van der Waals surface area contributed by atoms with E-state index in [1.165, 1.54) is 29.5 Å². The molecule has 0 radical (unpaired) electrons. The van der Waals surface area contributed by atoms with E-state index in [-0.39, 0.29) is 0 Å². The number of aryl methyl sites for hydroxylation is 2. The van der Waals surface area contributed by atoms with Gasteiger partial charge in [0.25, 0.3) is 0 Å². The molecule has 2 atom stereocenters. The Bertz CT molecular complexity index is 386. The lowest BCUT2D eigenvalue weighted by Gasteiger charge is -2.39. The second-order valence-electron chi connectivity index (χ2n) is 6.60. The predicted octanol–water partition coefficient (Wildman–Crippen LogP) is 3.92. The summed E-state index contributed by atoms with van der Waals surface area (Å²) < 4.78 is 0. The van der Waals surface area contributed by atoms with Crippen LogP contribution in [0.2, 0.25) is 0 Å². The van der Waals surface area contributed by atoms with Crippen LogP contribution in [0, 0.1) is 19.3 Å². The second-order valence-corrected chi connectivity index (χ2v) is 6.60. The van der Waals surface area contributed by atoms with Gasteiger partial charge in [0.05, 0.1) is 0 Å². The number of rotatable bonds is 1. The van der Waals surface area contributed by atoms with E-state index in [0.29, 0.717) is 17.4 Å². The van der Waals surface area contributed by atoms with Crippen LogP contribution in [0.25, 0.3) is 0 Å². The van der Waals surface area contributed by atoms with Gasteiger partial charge < -0.3 is 5.73 Å². The molecule has 1 aromatic rings. The van der Waals surface area contributed by atoms with Crippen molar-refractivity contribution in [2.24, 2.45) is 11.1 Å². The summed E-state index contributed by atoms with van der Waals surface area (Å²) in [5, 5.41) is 0. The monoisotopic (exact) mass is 231 g/mol. The van der Waals surface area contributed by atoms with Crippen molar-refractivity contribution in [2.45, 2.75) is 58.9 Å². The van der Waals surface area contributed by atoms with E-state index in [1.807, 2.05) is 0 Å². The summed E-state index contributed by atoms with van der Waals surface area (Å²) in [6, 6.07) is 7.21. The summed E-state index contributed by atoms with van der Waals surface area (Å²) in [5.41, 5.74) is 10.9. The first-order chi connectivity index (χ1) is 7.87. The molecule has 0 heterocycles. The fraction of sp³-hybridized carbons (Fsp3) is 0.625. The van der Waals surface area contributed by atoms with Gasteiger partial charge in [0.1, 0.15) is 0 Å². The second kappa shape index (κ2) is 4.45. The van der Waals surface area contributed by atoms with Crippen LogP contribution in [0.5, 0.6) is 0 Å². The minimum Gasteiger partial charge on any atom is -0.327 e. The molecule has 2 N–H and O–H groups in total. The Morgan fingerprint density at radius 1 is 1.12 bits per heavy atom. The molecule has 1 aliphatic rings. The molecule has 0 saturated heterocycles. The van der Waals surface area contributed by atoms with Crippen molar-refractivity contribution in [1.29, 1.82) is 0 Å². The van der Waals surface area contributed by atoms with Gasteiger partial charge in [-0.1, -0.05) is 43.2 Å². The van der Waals surface area contributed by atoms with E-state index in [4.69, 9.17) is 5.73 Å². The van der Waals surface area contributed by atoms with E-state index < -0.39 is 0 Å². The van der Waals surface area contributed by atoms with Crippen molar-refractivity contribution in [3.05, 3.63) is 34.9 Å². The molecular weight excluding hydrogens is 206 g/mol. The molecule has 0 spiro atoms. The van der Waals surface area contributed by atoms with Crippen LogP contribution < -0.4 is 5.73 Å². The molecule has 94 valence electrons. The third kappa shape index (κ3) is 2.90. The minimum atomic E-state index is 0.337. The lowest BCUT2D eigenvalue weighted by atomic mass is 9.68. The molecular formula is C16H25N. The van der Waals surface area contributed by atoms with Gasteiger partial charge in [0, 0.05) is 6.04 Å². The van der Waals surface area contributed by atoms with Crippen LogP contribution in [0.15, 0.2) is 18.2 Å². The summed E-state index contributed by atoms with van der Waals surface area (Å²) >= 11 is 0. The van der Waals surface area contributed by atoms with Gasteiger partial charge in [-0.05, 0) is 50.0 Å². The molecule has 0 amide bonds. The SMILES string of the molecule is Cc1cc(C)cc(C2CC(C)(C)CCC2N)c1. The fourth-order valence-electron chi connectivity index (χ4n) is 3.20. The molecule has 2 unspecified atom stereocenters. The zero-order chi connectivity index (χ0) is 12.6. The standard InChI is InChI=1S/C16H25N/c1-11-7-12(2)9-13(8-11)14-10-16(3,4)6-5-15(14)17/h7-9,14-15H,5-6,10,17H2,1-4H3. The van der Waals surface area contributed by atoms with Gasteiger partial charge in [-0.2, -0.15) is 0 Å². The average Bonchev–Trinajstić information content (AvgIpc) is 2.20. The van der Waals surface area contributed by atoms with E-state index in [0.717, 1.165) is 6.42 Å². The first-order valence-electron chi connectivity index (χ1n) is 6.71. The van der Waals surface area contributed by atoms with Gasteiger partial charge in [-0.3, -0.25) is 0 Å². The number of benzene rings is 1. The lowest BCUT2D eigenvalue weighted by molar-refractivity contribution is 0.198. The van der Waals surface area contributed by atoms with Crippen LogP contribution >= 0.6 is 0 Å². The Balaban J connectivity index is 2.30. The molecule has 1 aliphatic carbocycles. The first kappa shape index (κ1) is 12.6. The maximum Gasteiger partial charge on any atom is 0.0108 e. The number of hydrogen-bond donors (Lipinski definition) is 1. The Morgan fingerprint density at radius 3 is 2.29 bits per heavy atom. The lowest BCUT2D eigenvalue weighted by Crippen LogP contribution is -2.37. The normalized spacial score (nSPS) is 28.1. The molecule has 17 heavy (non-hydrogen) atoms. The van der Waals surface area contributed by atoms with Crippen LogP contribution in [0.4, 0.5) is 0 Å². The van der Waals surface area contributed by atoms with Gasteiger partial charge in [0.2, 0.25) is 0 Å². The maximum atomic E-state index is 6.33. The summed E-state index contributed by atoms with van der Waals surface area (Å²) in [5.74, 6) is 0.539. The predicted molar refractivity (Wildman–Crippen MR) is 74.3 cm³/mol.